The molecular formula is C40H63ClO7Si2. The van der Waals surface area contributed by atoms with E-state index in [1.165, 1.54) is 0 Å². The fourth-order valence-electron chi connectivity index (χ4n) is 8.13. The lowest BCUT2D eigenvalue weighted by molar-refractivity contribution is -0.180. The van der Waals surface area contributed by atoms with E-state index in [1.54, 1.807) is 12.1 Å². The minimum atomic E-state index is -1.62. The first-order valence-electron chi connectivity index (χ1n) is 18.8. The van der Waals surface area contributed by atoms with Gasteiger partial charge in [-0.25, -0.2) is 9.59 Å². The summed E-state index contributed by atoms with van der Waals surface area (Å²) in [4.78, 5) is 27.6. The maximum atomic E-state index is 14.1. The molecule has 7 nitrogen and oxygen atoms in total. The number of esters is 2. The molecule has 10 heteroatoms. The van der Waals surface area contributed by atoms with Crippen LogP contribution in [0.1, 0.15) is 87.5 Å². The summed E-state index contributed by atoms with van der Waals surface area (Å²) < 4.78 is 32.4. The molecule has 0 saturated carbocycles. The maximum absolute atomic E-state index is 14.1. The second kappa shape index (κ2) is 16.4. The molecule has 4 rings (SSSR count). The molecule has 0 amide bonds. The van der Waals surface area contributed by atoms with Crippen molar-refractivity contribution in [3.8, 4) is 5.75 Å². The van der Waals surface area contributed by atoms with Crippen molar-refractivity contribution >= 4 is 41.6 Å². The monoisotopic (exact) mass is 746 g/mol. The van der Waals surface area contributed by atoms with Gasteiger partial charge in [-0.1, -0.05) is 97.4 Å². The van der Waals surface area contributed by atoms with Crippen LogP contribution >= 0.6 is 11.6 Å². The first kappa shape index (κ1) is 40.8. The fourth-order valence-corrected chi connectivity index (χ4v) is 10.6. The second-order valence-electron chi connectivity index (χ2n) is 17.5. The molecule has 1 aromatic rings. The summed E-state index contributed by atoms with van der Waals surface area (Å²) in [6, 6.07) is 7.21. The number of carbonyl (C=O) groups is 2. The van der Waals surface area contributed by atoms with Gasteiger partial charge < -0.3 is 23.1 Å². The van der Waals surface area contributed by atoms with Gasteiger partial charge in [0.1, 0.15) is 24.1 Å². The number of carbonyl (C=O) groups excluding carboxylic acids is 2. The molecule has 9 atom stereocenters. The predicted octanol–water partition coefficient (Wildman–Crippen LogP) is 9.09. The molecule has 1 aromatic carbocycles. The molecule has 1 fully saturated rings. The van der Waals surface area contributed by atoms with Crippen molar-refractivity contribution in [1.82, 2.24) is 0 Å². The summed E-state index contributed by atoms with van der Waals surface area (Å²) in [6.07, 6.45) is 8.08. The highest BCUT2D eigenvalue weighted by atomic mass is 35.5. The number of halogens is 1. The summed E-state index contributed by atoms with van der Waals surface area (Å²) in [5.41, 5.74) is 0.366. The predicted molar refractivity (Wildman–Crippen MR) is 207 cm³/mol. The third kappa shape index (κ3) is 9.54. The Hall–Kier alpha value is -1.92. The zero-order valence-electron chi connectivity index (χ0n) is 32.6. The van der Waals surface area contributed by atoms with Gasteiger partial charge in [0.05, 0.1) is 10.6 Å². The molecule has 3 aliphatic rings. The Labute approximate surface area is 310 Å². The van der Waals surface area contributed by atoms with Gasteiger partial charge >= 0.3 is 11.9 Å². The van der Waals surface area contributed by atoms with Crippen LogP contribution < -0.4 is 4.74 Å². The van der Waals surface area contributed by atoms with Crippen molar-refractivity contribution in [1.29, 1.82) is 0 Å². The summed E-state index contributed by atoms with van der Waals surface area (Å²) in [6.45, 7) is 26.0. The SMILES string of the molecule is CCC(Oc1ccccc1Cl)C(=O)O[C@H]1C[C@H](C(C)(C)C)C=C2C=C[C@H](C)[C@](CC[C@@H]3C[C@H](C(C)(C)C)C(O[SiH](C)C)C(=O)O3)(O[SiH](C)C)[C@H]21. The molecule has 280 valence electrons. The van der Waals surface area contributed by atoms with Crippen molar-refractivity contribution in [2.45, 2.75) is 144 Å². The van der Waals surface area contributed by atoms with Gasteiger partial charge in [-0.15, -0.1) is 0 Å². The number of cyclic esters (lactones) is 1. The van der Waals surface area contributed by atoms with Gasteiger partial charge in [0.15, 0.2) is 24.2 Å². The Kier molecular flexibility index (Phi) is 13.4. The van der Waals surface area contributed by atoms with E-state index in [4.69, 9.17) is 34.7 Å². The highest BCUT2D eigenvalue weighted by Crippen LogP contribution is 2.53. The van der Waals surface area contributed by atoms with Crippen LogP contribution in [-0.4, -0.2) is 60.0 Å². The molecule has 0 spiro atoms. The average molecular weight is 748 g/mol. The number of allylic oxidation sites excluding steroid dienone is 2. The molecule has 0 aromatic heterocycles. The largest absolute Gasteiger partial charge is 0.477 e. The number of benzene rings is 1. The van der Waals surface area contributed by atoms with Crippen LogP contribution in [0.15, 0.2) is 48.1 Å². The van der Waals surface area contributed by atoms with Crippen molar-refractivity contribution in [2.75, 3.05) is 0 Å². The van der Waals surface area contributed by atoms with E-state index in [-0.39, 0.29) is 46.6 Å². The number of rotatable bonds is 12. The van der Waals surface area contributed by atoms with E-state index in [2.05, 4.69) is 92.9 Å². The Bertz CT molecular complexity index is 1400. The first-order valence-corrected chi connectivity index (χ1v) is 24.8. The Balaban J connectivity index is 1.69. The lowest BCUT2D eigenvalue weighted by Gasteiger charge is -2.54. The summed E-state index contributed by atoms with van der Waals surface area (Å²) in [5, 5.41) is 0.455. The van der Waals surface area contributed by atoms with Gasteiger partial charge in [-0.05, 0) is 92.7 Å². The lowest BCUT2D eigenvalue weighted by Crippen LogP contribution is -2.58. The molecule has 1 saturated heterocycles. The number of fused-ring (bicyclic) bond motifs is 1. The van der Waals surface area contributed by atoms with Crippen LogP contribution in [0.4, 0.5) is 0 Å². The number of hydrogen-bond acceptors (Lipinski definition) is 7. The normalized spacial score (nSPS) is 30.8. The molecule has 1 aliphatic heterocycles. The van der Waals surface area contributed by atoms with Crippen molar-refractivity contribution in [3.05, 3.63) is 53.1 Å². The topological polar surface area (TPSA) is 80.3 Å². The van der Waals surface area contributed by atoms with Crippen LogP contribution in [0, 0.1) is 34.5 Å². The van der Waals surface area contributed by atoms with E-state index in [0.717, 1.165) is 12.0 Å². The number of hydrogen-bond donors (Lipinski definition) is 0. The molecule has 1 heterocycles. The van der Waals surface area contributed by atoms with Gasteiger partial charge in [-0.2, -0.15) is 0 Å². The van der Waals surface area contributed by atoms with Gasteiger partial charge in [-0.3, -0.25) is 0 Å². The van der Waals surface area contributed by atoms with Crippen LogP contribution in [0.2, 0.25) is 31.2 Å². The Morgan fingerprint density at radius 2 is 1.72 bits per heavy atom. The van der Waals surface area contributed by atoms with Crippen LogP contribution in [0.25, 0.3) is 0 Å². The summed E-state index contributed by atoms with van der Waals surface area (Å²) in [5.74, 6) is -0.0536. The molecule has 0 N–H and O–H groups in total. The molecule has 0 bridgehead atoms. The van der Waals surface area contributed by atoms with Crippen LogP contribution in [0.5, 0.6) is 5.75 Å². The lowest BCUT2D eigenvalue weighted by atomic mass is 9.59. The quantitative estimate of drug-likeness (QED) is 0.156. The van der Waals surface area contributed by atoms with Gasteiger partial charge in [0.2, 0.25) is 0 Å². The molecule has 2 aliphatic carbocycles. The van der Waals surface area contributed by atoms with E-state index in [1.807, 2.05) is 19.1 Å². The van der Waals surface area contributed by atoms with E-state index in [0.29, 0.717) is 36.5 Å². The van der Waals surface area contributed by atoms with Crippen molar-refractivity contribution < 1.29 is 32.7 Å². The third-order valence-corrected chi connectivity index (χ3v) is 12.9. The van der Waals surface area contributed by atoms with Crippen molar-refractivity contribution in [2.24, 2.45) is 34.5 Å². The van der Waals surface area contributed by atoms with E-state index < -0.39 is 48.0 Å². The molecule has 50 heavy (non-hydrogen) atoms. The minimum Gasteiger partial charge on any atom is -0.477 e. The minimum absolute atomic E-state index is 0.0379. The summed E-state index contributed by atoms with van der Waals surface area (Å²) >= 11 is 6.41. The van der Waals surface area contributed by atoms with Crippen molar-refractivity contribution in [3.63, 3.8) is 0 Å². The molecule has 2 unspecified atom stereocenters. The first-order chi connectivity index (χ1) is 23.3. The van der Waals surface area contributed by atoms with Gasteiger partial charge in [0.25, 0.3) is 0 Å². The van der Waals surface area contributed by atoms with Crippen LogP contribution in [-0.2, 0) is 27.9 Å². The zero-order chi connectivity index (χ0) is 37.2. The average Bonchev–Trinajstić information content (AvgIpc) is 3.00. The Morgan fingerprint density at radius 3 is 2.30 bits per heavy atom. The Morgan fingerprint density at radius 1 is 1.04 bits per heavy atom. The standard InChI is InChI=1S/C40H63ClO7Si2/c1-13-31(45-32-17-15-14-16-30(32)41)36(42)46-33-23-27(38(3,4)5)22-26-19-18-25(2)40(34(26)33,48-50(11)12)21-20-28-24-29(39(6,7)8)35(37(43)44-28)47-49(9)10/h14-19,22,25,27-29,31,33-35,49-50H,13,20-21,23-24H2,1-12H3/t25-,27+,28+,29-,31?,33-,34+,35?,40-/m0/s1. The van der Waals surface area contributed by atoms with E-state index >= 15 is 0 Å². The highest BCUT2D eigenvalue weighted by Gasteiger charge is 2.55. The smallest absolute Gasteiger partial charge is 0.347 e. The number of para-hydroxylation sites is 1. The zero-order valence-corrected chi connectivity index (χ0v) is 35.7. The van der Waals surface area contributed by atoms with Crippen LogP contribution in [0.3, 0.4) is 0 Å². The fraction of sp³-hybridized carbons (Fsp3) is 0.700. The summed E-state index contributed by atoms with van der Waals surface area (Å²) in [7, 11) is -3.09. The highest BCUT2D eigenvalue weighted by molar-refractivity contribution is 6.49. The number of ether oxygens (including phenoxy) is 3. The molecular weight excluding hydrogens is 684 g/mol. The van der Waals surface area contributed by atoms with E-state index in [9.17, 15) is 9.59 Å². The second-order valence-corrected chi connectivity index (χ2v) is 22.6. The molecule has 0 radical (unpaired) electrons. The third-order valence-electron chi connectivity index (χ3n) is 10.8. The maximum Gasteiger partial charge on any atom is 0.347 e. The van der Waals surface area contributed by atoms with Gasteiger partial charge in [0, 0.05) is 17.8 Å².